The second kappa shape index (κ2) is 6.93. The van der Waals surface area contributed by atoms with Crippen LogP contribution in [0, 0.1) is 0 Å². The van der Waals surface area contributed by atoms with E-state index in [2.05, 4.69) is 10.6 Å². The third kappa shape index (κ3) is 5.01. The van der Waals surface area contributed by atoms with Gasteiger partial charge in [0.15, 0.2) is 9.84 Å². The van der Waals surface area contributed by atoms with E-state index >= 15 is 0 Å². The van der Waals surface area contributed by atoms with E-state index in [9.17, 15) is 13.2 Å². The Kier molecular flexibility index (Phi) is 5.87. The summed E-state index contributed by atoms with van der Waals surface area (Å²) in [5.74, 6) is 0.0720. The molecule has 0 aromatic rings. The van der Waals surface area contributed by atoms with Crippen molar-refractivity contribution in [3.05, 3.63) is 0 Å². The van der Waals surface area contributed by atoms with Gasteiger partial charge in [-0.05, 0) is 12.8 Å². The minimum Gasteiger partial charge on any atom is -0.383 e. The highest BCUT2D eigenvalue weighted by Crippen LogP contribution is 2.18. The Morgan fingerprint density at radius 3 is 2.82 bits per heavy atom. The molecule has 0 aromatic heterocycles. The standard InChI is InChI=1S/C10H20N2O4S/c1-16-5-4-11-8-10(13)12-7-9-3-2-6-17(9,14)15/h9,11H,2-8H2,1H3,(H,12,13). The molecule has 1 rings (SSSR count). The molecule has 100 valence electrons. The Labute approximate surface area is 102 Å². The minimum absolute atomic E-state index is 0.178. The first-order valence-electron chi connectivity index (χ1n) is 5.74. The highest BCUT2D eigenvalue weighted by atomic mass is 32.2. The molecule has 0 bridgehead atoms. The van der Waals surface area contributed by atoms with E-state index in [-0.39, 0.29) is 24.7 Å². The zero-order chi connectivity index (χ0) is 12.7. The summed E-state index contributed by atoms with van der Waals surface area (Å²) in [6.07, 6.45) is 1.36. The first-order valence-corrected chi connectivity index (χ1v) is 7.45. The first-order chi connectivity index (χ1) is 8.06. The summed E-state index contributed by atoms with van der Waals surface area (Å²) in [6.45, 7) is 1.57. The van der Waals surface area contributed by atoms with Crippen molar-refractivity contribution < 1.29 is 17.9 Å². The molecule has 0 aliphatic carbocycles. The van der Waals surface area contributed by atoms with Crippen molar-refractivity contribution in [3.63, 3.8) is 0 Å². The number of hydrogen-bond acceptors (Lipinski definition) is 5. The fourth-order valence-electron chi connectivity index (χ4n) is 1.75. The minimum atomic E-state index is -2.97. The van der Waals surface area contributed by atoms with Crippen molar-refractivity contribution in [2.24, 2.45) is 0 Å². The van der Waals surface area contributed by atoms with Crippen molar-refractivity contribution in [3.8, 4) is 0 Å². The van der Waals surface area contributed by atoms with Gasteiger partial charge in [0.05, 0.1) is 24.2 Å². The van der Waals surface area contributed by atoms with E-state index in [1.807, 2.05) is 0 Å². The lowest BCUT2D eigenvalue weighted by Gasteiger charge is -2.11. The highest BCUT2D eigenvalue weighted by molar-refractivity contribution is 7.92. The molecule has 7 heteroatoms. The number of amides is 1. The normalized spacial score (nSPS) is 22.5. The van der Waals surface area contributed by atoms with Crippen LogP contribution in [0.5, 0.6) is 0 Å². The molecule has 1 heterocycles. The van der Waals surface area contributed by atoms with Gasteiger partial charge in [-0.25, -0.2) is 8.42 Å². The molecule has 1 unspecified atom stereocenters. The summed E-state index contributed by atoms with van der Waals surface area (Å²) in [6, 6.07) is 0. The predicted molar refractivity (Wildman–Crippen MR) is 64.6 cm³/mol. The number of carbonyl (C=O) groups is 1. The van der Waals surface area contributed by atoms with Crippen LogP contribution in [0.25, 0.3) is 0 Å². The van der Waals surface area contributed by atoms with Gasteiger partial charge in [-0.2, -0.15) is 0 Å². The summed E-state index contributed by atoms with van der Waals surface area (Å²) in [7, 11) is -1.38. The first kappa shape index (κ1) is 14.4. The second-order valence-electron chi connectivity index (χ2n) is 4.10. The van der Waals surface area contributed by atoms with Gasteiger partial charge in [0.2, 0.25) is 5.91 Å². The van der Waals surface area contributed by atoms with E-state index < -0.39 is 15.1 Å². The van der Waals surface area contributed by atoms with Gasteiger partial charge in [0, 0.05) is 20.2 Å². The fourth-order valence-corrected chi connectivity index (χ4v) is 3.52. The molecule has 1 atom stereocenters. The number of methoxy groups -OCH3 is 1. The van der Waals surface area contributed by atoms with Crippen LogP contribution in [0.2, 0.25) is 0 Å². The summed E-state index contributed by atoms with van der Waals surface area (Å²) in [4.78, 5) is 11.4. The second-order valence-corrected chi connectivity index (χ2v) is 6.51. The van der Waals surface area contributed by atoms with Crippen LogP contribution in [0.4, 0.5) is 0 Å². The molecule has 0 aromatic carbocycles. The van der Waals surface area contributed by atoms with Gasteiger partial charge in [-0.15, -0.1) is 0 Å². The maximum Gasteiger partial charge on any atom is 0.234 e. The van der Waals surface area contributed by atoms with E-state index in [0.717, 1.165) is 0 Å². The van der Waals surface area contributed by atoms with E-state index in [1.165, 1.54) is 0 Å². The quantitative estimate of drug-likeness (QED) is 0.571. The lowest BCUT2D eigenvalue weighted by molar-refractivity contribution is -0.120. The molecular weight excluding hydrogens is 244 g/mol. The Morgan fingerprint density at radius 2 is 2.24 bits per heavy atom. The van der Waals surface area contributed by atoms with Crippen molar-refractivity contribution in [1.29, 1.82) is 0 Å². The Hall–Kier alpha value is -0.660. The molecule has 0 spiro atoms. The van der Waals surface area contributed by atoms with E-state index in [1.54, 1.807) is 7.11 Å². The summed E-state index contributed by atoms with van der Waals surface area (Å²) >= 11 is 0. The molecule has 1 aliphatic heterocycles. The van der Waals surface area contributed by atoms with E-state index in [4.69, 9.17) is 4.74 Å². The average molecular weight is 264 g/mol. The smallest absolute Gasteiger partial charge is 0.234 e. The van der Waals surface area contributed by atoms with E-state index in [0.29, 0.717) is 26.0 Å². The van der Waals surface area contributed by atoms with Crippen LogP contribution in [0.3, 0.4) is 0 Å². The van der Waals surface area contributed by atoms with Gasteiger partial charge in [-0.1, -0.05) is 0 Å². The molecule has 1 amide bonds. The zero-order valence-corrected chi connectivity index (χ0v) is 10.9. The number of hydrogen-bond donors (Lipinski definition) is 2. The van der Waals surface area contributed by atoms with Crippen molar-refractivity contribution in [2.75, 3.05) is 39.1 Å². The summed E-state index contributed by atoms with van der Waals surface area (Å²) < 4.78 is 27.8. The molecule has 0 radical (unpaired) electrons. The molecular formula is C10H20N2O4S. The summed E-state index contributed by atoms with van der Waals surface area (Å²) in [5.41, 5.74) is 0. The zero-order valence-electron chi connectivity index (χ0n) is 10.1. The van der Waals surface area contributed by atoms with Crippen LogP contribution < -0.4 is 10.6 Å². The molecule has 1 fully saturated rings. The highest BCUT2D eigenvalue weighted by Gasteiger charge is 2.31. The van der Waals surface area contributed by atoms with Gasteiger partial charge < -0.3 is 15.4 Å². The Morgan fingerprint density at radius 1 is 1.47 bits per heavy atom. The number of nitrogens with one attached hydrogen (secondary N) is 2. The lowest BCUT2D eigenvalue weighted by Crippen LogP contribution is -2.40. The van der Waals surface area contributed by atoms with Crippen LogP contribution in [0.1, 0.15) is 12.8 Å². The monoisotopic (exact) mass is 264 g/mol. The molecule has 1 aliphatic rings. The number of ether oxygens (including phenoxy) is 1. The Balaban J connectivity index is 2.15. The maximum absolute atomic E-state index is 11.5. The van der Waals surface area contributed by atoms with Crippen molar-refractivity contribution in [1.82, 2.24) is 10.6 Å². The topological polar surface area (TPSA) is 84.5 Å². The van der Waals surface area contributed by atoms with Crippen molar-refractivity contribution in [2.45, 2.75) is 18.1 Å². The third-order valence-corrected chi connectivity index (χ3v) is 5.03. The van der Waals surface area contributed by atoms with Crippen LogP contribution in [0.15, 0.2) is 0 Å². The number of carbonyl (C=O) groups excluding carboxylic acids is 1. The van der Waals surface area contributed by atoms with Crippen LogP contribution in [-0.4, -0.2) is 58.7 Å². The average Bonchev–Trinajstić information content (AvgIpc) is 2.61. The molecule has 17 heavy (non-hydrogen) atoms. The summed E-state index contributed by atoms with van der Waals surface area (Å²) in [5, 5.41) is 5.13. The maximum atomic E-state index is 11.5. The van der Waals surface area contributed by atoms with Gasteiger partial charge in [0.25, 0.3) is 0 Å². The predicted octanol–water partition coefficient (Wildman–Crippen LogP) is -1.08. The molecule has 0 saturated carbocycles. The Bertz CT molecular complexity index is 342. The van der Waals surface area contributed by atoms with Gasteiger partial charge in [0.1, 0.15) is 0 Å². The fraction of sp³-hybridized carbons (Fsp3) is 0.900. The van der Waals surface area contributed by atoms with Gasteiger partial charge in [-0.3, -0.25) is 4.79 Å². The van der Waals surface area contributed by atoms with Crippen LogP contribution >= 0.6 is 0 Å². The number of sulfone groups is 1. The van der Waals surface area contributed by atoms with Crippen LogP contribution in [-0.2, 0) is 19.4 Å². The largest absolute Gasteiger partial charge is 0.383 e. The molecule has 6 nitrogen and oxygen atoms in total. The SMILES string of the molecule is COCCNCC(=O)NCC1CCCS1(=O)=O. The third-order valence-electron chi connectivity index (χ3n) is 2.76. The molecule has 1 saturated heterocycles. The lowest BCUT2D eigenvalue weighted by atomic mass is 10.2. The number of rotatable bonds is 7. The molecule has 2 N–H and O–H groups in total. The van der Waals surface area contributed by atoms with Gasteiger partial charge >= 0.3 is 0 Å². The van der Waals surface area contributed by atoms with Crippen molar-refractivity contribution >= 4 is 15.7 Å².